The number of carbonyl (C=O) groups excluding carboxylic acids is 1. The molecule has 8 heteroatoms. The van der Waals surface area contributed by atoms with Crippen LogP contribution in [0.15, 0.2) is 11.1 Å². The minimum absolute atomic E-state index is 0.0892. The van der Waals surface area contributed by atoms with Crippen molar-refractivity contribution in [3.63, 3.8) is 0 Å². The number of nitrogens with zero attached hydrogens (tertiary/aromatic N) is 3. The van der Waals surface area contributed by atoms with Gasteiger partial charge in [-0.15, -0.1) is 0 Å². The minimum atomic E-state index is -0.326. The number of imidazole rings is 1. The van der Waals surface area contributed by atoms with Crippen molar-refractivity contribution in [3.8, 4) is 0 Å². The van der Waals surface area contributed by atoms with E-state index in [0.29, 0.717) is 42.6 Å². The summed E-state index contributed by atoms with van der Waals surface area (Å²) in [7, 11) is 0. The highest BCUT2D eigenvalue weighted by molar-refractivity contribution is 5.70. The molecule has 8 nitrogen and oxygen atoms in total. The van der Waals surface area contributed by atoms with Gasteiger partial charge in [-0.2, -0.15) is 4.98 Å². The summed E-state index contributed by atoms with van der Waals surface area (Å²) in [4.78, 5) is 34.1. The van der Waals surface area contributed by atoms with Crippen molar-refractivity contribution < 1.29 is 9.53 Å². The maximum absolute atomic E-state index is 11.9. The standard InChI is InChI=1S/C16H23N5O3/c1-2-12(22)24-8-11-6-4-3-5-10(11)7-21-9-18-13-14(21)19-16(17)20-15(13)23/h9-11H,2-8H2,1H3,(H3,17,19,20,23). The molecule has 0 aromatic carbocycles. The van der Waals surface area contributed by atoms with Crippen LogP contribution in [0.5, 0.6) is 0 Å². The van der Waals surface area contributed by atoms with Crippen LogP contribution in [-0.4, -0.2) is 32.1 Å². The highest BCUT2D eigenvalue weighted by Gasteiger charge is 2.27. The van der Waals surface area contributed by atoms with Gasteiger partial charge >= 0.3 is 5.97 Å². The van der Waals surface area contributed by atoms with Gasteiger partial charge < -0.3 is 15.0 Å². The number of aromatic nitrogens is 4. The highest BCUT2D eigenvalue weighted by Crippen LogP contribution is 2.32. The van der Waals surface area contributed by atoms with Crippen molar-refractivity contribution in [2.75, 3.05) is 12.3 Å². The second-order valence-electron chi connectivity index (χ2n) is 6.36. The first-order chi connectivity index (χ1) is 11.6. The fraction of sp³-hybridized carbons (Fsp3) is 0.625. The van der Waals surface area contributed by atoms with Crippen LogP contribution in [0.4, 0.5) is 5.95 Å². The zero-order valence-electron chi connectivity index (χ0n) is 13.8. The quantitative estimate of drug-likeness (QED) is 0.800. The Hall–Kier alpha value is -2.38. The third-order valence-corrected chi connectivity index (χ3v) is 4.74. The number of rotatable bonds is 5. The maximum atomic E-state index is 11.9. The van der Waals surface area contributed by atoms with Crippen LogP contribution in [0, 0.1) is 11.8 Å². The zero-order valence-corrected chi connectivity index (χ0v) is 13.8. The molecule has 24 heavy (non-hydrogen) atoms. The van der Waals surface area contributed by atoms with Gasteiger partial charge in [-0.1, -0.05) is 19.8 Å². The Labute approximate surface area is 139 Å². The van der Waals surface area contributed by atoms with Gasteiger partial charge in [0.25, 0.3) is 5.56 Å². The second-order valence-corrected chi connectivity index (χ2v) is 6.36. The first-order valence-electron chi connectivity index (χ1n) is 8.44. The van der Waals surface area contributed by atoms with E-state index in [1.165, 1.54) is 0 Å². The minimum Gasteiger partial charge on any atom is -0.465 e. The molecular formula is C16H23N5O3. The second kappa shape index (κ2) is 7.02. The molecule has 2 heterocycles. The number of nitrogens with two attached hydrogens (primary N) is 1. The summed E-state index contributed by atoms with van der Waals surface area (Å²) < 4.78 is 7.23. The van der Waals surface area contributed by atoms with Crippen LogP contribution in [0.2, 0.25) is 0 Å². The van der Waals surface area contributed by atoms with Gasteiger partial charge in [-0.3, -0.25) is 14.6 Å². The number of hydrogen-bond acceptors (Lipinski definition) is 6. The van der Waals surface area contributed by atoms with Gasteiger partial charge in [0.2, 0.25) is 5.95 Å². The van der Waals surface area contributed by atoms with Gasteiger partial charge in [-0.25, -0.2) is 4.98 Å². The molecule has 1 fully saturated rings. The average molecular weight is 333 g/mol. The molecule has 3 rings (SSSR count). The SMILES string of the molecule is CCC(=O)OCC1CCCCC1Cn1cnc2c(=O)[nH]c(N)nc21. The number of nitrogens with one attached hydrogen (secondary N) is 1. The molecule has 130 valence electrons. The largest absolute Gasteiger partial charge is 0.465 e. The summed E-state index contributed by atoms with van der Waals surface area (Å²) in [6, 6.07) is 0. The van der Waals surface area contributed by atoms with Gasteiger partial charge in [0.05, 0.1) is 12.9 Å². The van der Waals surface area contributed by atoms with Crippen molar-refractivity contribution >= 4 is 23.1 Å². The molecule has 1 saturated carbocycles. The van der Waals surface area contributed by atoms with Crippen LogP contribution >= 0.6 is 0 Å². The molecule has 0 saturated heterocycles. The molecule has 3 N–H and O–H groups in total. The van der Waals surface area contributed by atoms with E-state index in [4.69, 9.17) is 10.5 Å². The molecule has 1 aliphatic carbocycles. The Balaban J connectivity index is 1.78. The number of nitrogen functional groups attached to an aromatic ring is 1. The number of fused-ring (bicyclic) bond motifs is 1. The number of ether oxygens (including phenoxy) is 1. The third-order valence-electron chi connectivity index (χ3n) is 4.74. The van der Waals surface area contributed by atoms with E-state index in [2.05, 4.69) is 15.0 Å². The molecule has 2 unspecified atom stereocenters. The number of aromatic amines is 1. The van der Waals surface area contributed by atoms with E-state index in [1.54, 1.807) is 13.3 Å². The Morgan fingerprint density at radius 1 is 1.42 bits per heavy atom. The summed E-state index contributed by atoms with van der Waals surface area (Å²) in [6.45, 7) is 2.95. The Bertz CT molecular complexity index is 782. The predicted molar refractivity (Wildman–Crippen MR) is 89.3 cm³/mol. The van der Waals surface area contributed by atoms with Crippen LogP contribution in [0.25, 0.3) is 11.2 Å². The van der Waals surface area contributed by atoms with Gasteiger partial charge in [-0.05, 0) is 24.7 Å². The van der Waals surface area contributed by atoms with Gasteiger partial charge in [0.1, 0.15) is 0 Å². The van der Waals surface area contributed by atoms with Crippen molar-refractivity contribution in [3.05, 3.63) is 16.7 Å². The number of carbonyl (C=O) groups is 1. The summed E-state index contributed by atoms with van der Waals surface area (Å²) in [5, 5.41) is 0. The summed E-state index contributed by atoms with van der Waals surface area (Å²) in [5.41, 5.74) is 6.12. The number of H-pyrrole nitrogens is 1. The topological polar surface area (TPSA) is 116 Å². The smallest absolute Gasteiger partial charge is 0.305 e. The monoisotopic (exact) mass is 333 g/mol. The molecule has 0 radical (unpaired) electrons. The maximum Gasteiger partial charge on any atom is 0.305 e. The first kappa shape index (κ1) is 16.5. The number of anilines is 1. The van der Waals surface area contributed by atoms with Gasteiger partial charge in [0.15, 0.2) is 11.2 Å². The normalized spacial score (nSPS) is 21.0. The molecule has 2 aromatic heterocycles. The lowest BCUT2D eigenvalue weighted by molar-refractivity contribution is -0.145. The van der Waals surface area contributed by atoms with Crippen LogP contribution in [-0.2, 0) is 16.1 Å². The zero-order chi connectivity index (χ0) is 17.1. The van der Waals surface area contributed by atoms with Crippen molar-refractivity contribution in [1.82, 2.24) is 19.5 Å². The van der Waals surface area contributed by atoms with Crippen molar-refractivity contribution in [2.24, 2.45) is 11.8 Å². The predicted octanol–water partition coefficient (Wildman–Crippen LogP) is 1.46. The molecule has 0 bridgehead atoms. The van der Waals surface area contributed by atoms with Crippen molar-refractivity contribution in [1.29, 1.82) is 0 Å². The van der Waals surface area contributed by atoms with E-state index < -0.39 is 0 Å². The van der Waals surface area contributed by atoms with Gasteiger partial charge in [0, 0.05) is 13.0 Å². The lowest BCUT2D eigenvalue weighted by atomic mass is 9.79. The molecule has 0 aliphatic heterocycles. The molecule has 0 amide bonds. The lowest BCUT2D eigenvalue weighted by Crippen LogP contribution is -2.28. The van der Waals surface area contributed by atoms with E-state index in [0.717, 1.165) is 25.7 Å². The van der Waals surface area contributed by atoms with Crippen LogP contribution < -0.4 is 11.3 Å². The third kappa shape index (κ3) is 3.42. The fourth-order valence-corrected chi connectivity index (χ4v) is 3.40. The van der Waals surface area contributed by atoms with Crippen LogP contribution in [0.1, 0.15) is 39.0 Å². The van der Waals surface area contributed by atoms with E-state index >= 15 is 0 Å². The lowest BCUT2D eigenvalue weighted by Gasteiger charge is -2.31. The van der Waals surface area contributed by atoms with E-state index in [1.807, 2.05) is 4.57 Å². The first-order valence-corrected chi connectivity index (χ1v) is 8.44. The van der Waals surface area contributed by atoms with E-state index in [9.17, 15) is 9.59 Å². The Morgan fingerprint density at radius 3 is 2.92 bits per heavy atom. The number of esters is 1. The van der Waals surface area contributed by atoms with Crippen LogP contribution in [0.3, 0.4) is 0 Å². The average Bonchev–Trinajstić information content (AvgIpc) is 2.97. The summed E-state index contributed by atoms with van der Waals surface area (Å²) in [6.07, 6.45) is 6.45. The molecule has 2 aromatic rings. The fourth-order valence-electron chi connectivity index (χ4n) is 3.40. The summed E-state index contributed by atoms with van der Waals surface area (Å²) >= 11 is 0. The van der Waals surface area contributed by atoms with E-state index in [-0.39, 0.29) is 17.5 Å². The Kier molecular flexibility index (Phi) is 4.82. The molecule has 0 spiro atoms. The van der Waals surface area contributed by atoms with Crippen molar-refractivity contribution in [2.45, 2.75) is 45.6 Å². The molecule has 1 aliphatic rings. The highest BCUT2D eigenvalue weighted by atomic mass is 16.5. The summed E-state index contributed by atoms with van der Waals surface area (Å²) in [5.74, 6) is 0.619. The molecule has 2 atom stereocenters. The number of hydrogen-bond donors (Lipinski definition) is 2. The molecular weight excluding hydrogens is 310 g/mol. The Morgan fingerprint density at radius 2 is 2.17 bits per heavy atom.